The third-order valence-electron chi connectivity index (χ3n) is 10.9. The van der Waals surface area contributed by atoms with Crippen molar-refractivity contribution in [3.05, 3.63) is 194 Å². The van der Waals surface area contributed by atoms with Crippen LogP contribution >= 0.6 is 0 Å². The van der Waals surface area contributed by atoms with Gasteiger partial charge in [0.15, 0.2) is 5.82 Å². The first-order chi connectivity index (χ1) is 27.2. The van der Waals surface area contributed by atoms with Crippen LogP contribution in [0.1, 0.15) is 0 Å². The van der Waals surface area contributed by atoms with Crippen LogP contribution in [0.4, 0.5) is 0 Å². The van der Waals surface area contributed by atoms with Crippen LogP contribution in [0.5, 0.6) is 0 Å². The monoisotopic (exact) mass is 700 g/mol. The Hall–Kier alpha value is -7.36. The van der Waals surface area contributed by atoms with E-state index in [9.17, 15) is 0 Å². The van der Waals surface area contributed by atoms with Gasteiger partial charge in [0.1, 0.15) is 11.2 Å². The Balaban J connectivity index is 1.17. The molecule has 3 nitrogen and oxygen atoms in total. The molecular formula is C52H32N2O. The largest absolute Gasteiger partial charge is 0.456 e. The fraction of sp³-hybridized carbons (Fsp3) is 0. The molecule has 55 heavy (non-hydrogen) atoms. The fourth-order valence-corrected chi connectivity index (χ4v) is 8.22. The maximum Gasteiger partial charge on any atom is 0.161 e. The minimum Gasteiger partial charge on any atom is -0.456 e. The summed E-state index contributed by atoms with van der Waals surface area (Å²) in [6.45, 7) is 0. The van der Waals surface area contributed by atoms with E-state index in [-0.39, 0.29) is 0 Å². The lowest BCUT2D eigenvalue weighted by Crippen LogP contribution is -1.98. The van der Waals surface area contributed by atoms with Gasteiger partial charge in [0.2, 0.25) is 0 Å². The Morgan fingerprint density at radius 3 is 1.78 bits per heavy atom. The number of benzene rings is 9. The zero-order chi connectivity index (χ0) is 36.3. The summed E-state index contributed by atoms with van der Waals surface area (Å²) in [7, 11) is 0. The number of furan rings is 1. The van der Waals surface area contributed by atoms with Gasteiger partial charge in [-0.25, -0.2) is 9.97 Å². The molecular weight excluding hydrogens is 669 g/mol. The molecule has 0 fully saturated rings. The second-order valence-corrected chi connectivity index (χ2v) is 14.1. The average molecular weight is 701 g/mol. The van der Waals surface area contributed by atoms with Gasteiger partial charge in [-0.2, -0.15) is 0 Å². The molecule has 0 radical (unpaired) electrons. The molecule has 0 atom stereocenters. The van der Waals surface area contributed by atoms with Gasteiger partial charge in [-0.3, -0.25) is 0 Å². The zero-order valence-corrected chi connectivity index (χ0v) is 29.8. The van der Waals surface area contributed by atoms with Crippen LogP contribution in [0.15, 0.2) is 199 Å². The quantitative estimate of drug-likeness (QED) is 0.133. The number of hydrogen-bond donors (Lipinski definition) is 0. The van der Waals surface area contributed by atoms with Crippen LogP contribution in [0.25, 0.3) is 110 Å². The highest BCUT2D eigenvalue weighted by Gasteiger charge is 2.19. The molecule has 0 spiro atoms. The minimum atomic E-state index is 0.697. The lowest BCUT2D eigenvalue weighted by atomic mass is 9.92. The Morgan fingerprint density at radius 2 is 0.927 bits per heavy atom. The Labute approximate surface area is 317 Å². The number of fused-ring (bicyclic) bond motifs is 7. The minimum absolute atomic E-state index is 0.697. The molecule has 0 aliphatic carbocycles. The SMILES string of the molecule is c1ccc(-c2ccc(-c3cc(-c4ccccc4-c4ccc5oc6ccccc6c5c4)nc(-c4c5ccccc5cc5c4ccc4ccccc45)n3)cc2)cc1. The van der Waals surface area contributed by atoms with Crippen LogP contribution in [0.2, 0.25) is 0 Å². The van der Waals surface area contributed by atoms with E-state index in [0.717, 1.165) is 77.3 Å². The lowest BCUT2D eigenvalue weighted by Gasteiger charge is -2.16. The van der Waals surface area contributed by atoms with E-state index in [1.165, 1.54) is 27.3 Å². The molecule has 0 unspecified atom stereocenters. The highest BCUT2D eigenvalue weighted by molar-refractivity contribution is 6.19. The lowest BCUT2D eigenvalue weighted by molar-refractivity contribution is 0.669. The average Bonchev–Trinajstić information content (AvgIpc) is 3.64. The van der Waals surface area contributed by atoms with Crippen molar-refractivity contribution in [2.45, 2.75) is 0 Å². The van der Waals surface area contributed by atoms with Crippen LogP contribution in [0.3, 0.4) is 0 Å². The predicted octanol–water partition coefficient (Wildman–Crippen LogP) is 14.2. The summed E-state index contributed by atoms with van der Waals surface area (Å²) in [5.74, 6) is 0.697. The van der Waals surface area contributed by atoms with E-state index in [1.54, 1.807) is 0 Å². The topological polar surface area (TPSA) is 38.9 Å². The van der Waals surface area contributed by atoms with E-state index < -0.39 is 0 Å². The van der Waals surface area contributed by atoms with Gasteiger partial charge < -0.3 is 4.42 Å². The summed E-state index contributed by atoms with van der Waals surface area (Å²) < 4.78 is 6.20. The van der Waals surface area contributed by atoms with Crippen molar-refractivity contribution < 1.29 is 4.42 Å². The van der Waals surface area contributed by atoms with Gasteiger partial charge in [0.05, 0.1) is 11.4 Å². The summed E-state index contributed by atoms with van der Waals surface area (Å²) in [5, 5.41) is 9.23. The third kappa shape index (κ3) is 5.28. The molecule has 0 aliphatic heterocycles. The Morgan fingerprint density at radius 1 is 0.309 bits per heavy atom. The summed E-state index contributed by atoms with van der Waals surface area (Å²) in [4.78, 5) is 10.9. The normalized spacial score (nSPS) is 11.6. The van der Waals surface area contributed by atoms with Crippen LogP contribution < -0.4 is 0 Å². The molecule has 11 rings (SSSR count). The second kappa shape index (κ2) is 12.6. The van der Waals surface area contributed by atoms with Gasteiger partial charge in [0.25, 0.3) is 0 Å². The highest BCUT2D eigenvalue weighted by Crippen LogP contribution is 2.41. The molecule has 0 aliphatic rings. The standard InChI is InChI=1S/C52H32N2O/c1-2-12-33(13-3-1)34-22-24-36(25-23-34)47-32-48(42-19-9-8-17-40(42)38-27-29-50-46(31-38)43-20-10-11-21-49(43)55-50)54-52(53-47)51-41-18-7-5-15-37(41)30-45-39-16-6-4-14-35(39)26-28-44(45)51/h1-32H. The van der Waals surface area contributed by atoms with Gasteiger partial charge in [0, 0.05) is 27.5 Å². The molecule has 9 aromatic carbocycles. The highest BCUT2D eigenvalue weighted by atomic mass is 16.3. The van der Waals surface area contributed by atoms with Crippen LogP contribution in [-0.4, -0.2) is 9.97 Å². The first kappa shape index (κ1) is 31.2. The number of hydrogen-bond acceptors (Lipinski definition) is 3. The smallest absolute Gasteiger partial charge is 0.161 e. The zero-order valence-electron chi connectivity index (χ0n) is 29.8. The first-order valence-electron chi connectivity index (χ1n) is 18.6. The van der Waals surface area contributed by atoms with Gasteiger partial charge >= 0.3 is 0 Å². The Kier molecular flexibility index (Phi) is 7.17. The van der Waals surface area contributed by atoms with Crippen molar-refractivity contribution in [1.29, 1.82) is 0 Å². The number of aromatic nitrogens is 2. The van der Waals surface area contributed by atoms with Crippen LogP contribution in [0, 0.1) is 0 Å². The summed E-state index contributed by atoms with van der Waals surface area (Å²) in [6.07, 6.45) is 0. The van der Waals surface area contributed by atoms with Crippen molar-refractivity contribution in [1.82, 2.24) is 9.97 Å². The van der Waals surface area contributed by atoms with Crippen molar-refractivity contribution >= 4 is 54.3 Å². The molecule has 2 aromatic heterocycles. The maximum absolute atomic E-state index is 6.20. The molecule has 0 saturated carbocycles. The molecule has 3 heteroatoms. The third-order valence-corrected chi connectivity index (χ3v) is 10.9. The van der Waals surface area contributed by atoms with Crippen molar-refractivity contribution in [3.63, 3.8) is 0 Å². The van der Waals surface area contributed by atoms with Crippen molar-refractivity contribution in [2.24, 2.45) is 0 Å². The van der Waals surface area contributed by atoms with E-state index >= 15 is 0 Å². The summed E-state index contributed by atoms with van der Waals surface area (Å²) in [5.41, 5.74) is 11.1. The molecule has 0 saturated heterocycles. The number of nitrogens with zero attached hydrogens (tertiary/aromatic N) is 2. The van der Waals surface area contributed by atoms with Gasteiger partial charge in [-0.05, 0) is 84.9 Å². The van der Waals surface area contributed by atoms with E-state index in [1.807, 2.05) is 12.1 Å². The first-order valence-corrected chi connectivity index (χ1v) is 18.6. The molecule has 11 aromatic rings. The second-order valence-electron chi connectivity index (χ2n) is 14.1. The molecule has 0 bridgehead atoms. The number of para-hydroxylation sites is 1. The van der Waals surface area contributed by atoms with E-state index in [0.29, 0.717) is 5.82 Å². The molecule has 2 heterocycles. The van der Waals surface area contributed by atoms with Crippen LogP contribution in [-0.2, 0) is 0 Å². The molecule has 256 valence electrons. The predicted molar refractivity (Wildman–Crippen MR) is 229 cm³/mol. The van der Waals surface area contributed by atoms with Crippen molar-refractivity contribution in [2.75, 3.05) is 0 Å². The van der Waals surface area contributed by atoms with Crippen molar-refractivity contribution in [3.8, 4) is 56.2 Å². The van der Waals surface area contributed by atoms with E-state index in [2.05, 4.69) is 182 Å². The van der Waals surface area contributed by atoms with Gasteiger partial charge in [-0.15, -0.1) is 0 Å². The Bertz CT molecular complexity index is 3250. The fourth-order valence-electron chi connectivity index (χ4n) is 8.22. The maximum atomic E-state index is 6.20. The molecule has 0 N–H and O–H groups in total. The summed E-state index contributed by atoms with van der Waals surface area (Å²) >= 11 is 0. The van der Waals surface area contributed by atoms with E-state index in [4.69, 9.17) is 14.4 Å². The molecule has 0 amide bonds. The van der Waals surface area contributed by atoms with Gasteiger partial charge in [-0.1, -0.05) is 164 Å². The number of rotatable bonds is 5. The summed E-state index contributed by atoms with van der Waals surface area (Å²) in [6, 6.07) is 68.6.